The zero-order chi connectivity index (χ0) is 8.06. The fourth-order valence-corrected chi connectivity index (χ4v) is 3.06. The Morgan fingerprint density at radius 3 is 1.64 bits per heavy atom. The number of hydrogen-bond acceptors (Lipinski definition) is 0. The van der Waals surface area contributed by atoms with Gasteiger partial charge in [-0.2, -0.15) is 0 Å². The second-order valence-corrected chi connectivity index (χ2v) is 5.18. The molecule has 2 unspecified atom stereocenters. The minimum Gasteiger partial charge on any atom is -0.0848 e. The molecule has 0 saturated heterocycles. The Kier molecular flexibility index (Phi) is 1.42. The van der Waals surface area contributed by atoms with Gasteiger partial charge in [-0.15, -0.1) is 0 Å². The second-order valence-electron chi connectivity index (χ2n) is 5.18. The van der Waals surface area contributed by atoms with Gasteiger partial charge in [0.25, 0.3) is 0 Å². The molecule has 2 atom stereocenters. The number of allylic oxidation sites excluding steroid dienone is 2. The zero-order valence-electron chi connectivity index (χ0n) is 7.80. The first-order valence-electron chi connectivity index (χ1n) is 4.77. The third kappa shape index (κ3) is 1.04. The summed E-state index contributed by atoms with van der Waals surface area (Å²) >= 11 is 0. The quantitative estimate of drug-likeness (QED) is 0.465. The topological polar surface area (TPSA) is 0 Å². The normalized spacial score (nSPS) is 41.9. The van der Waals surface area contributed by atoms with Gasteiger partial charge in [0.1, 0.15) is 0 Å². The molecule has 2 rings (SSSR count). The van der Waals surface area contributed by atoms with Crippen LogP contribution >= 0.6 is 0 Å². The van der Waals surface area contributed by atoms with E-state index < -0.39 is 0 Å². The Balaban J connectivity index is 2.20. The fraction of sp³-hybridized carbons (Fsp3) is 0.818. The molecular weight excluding hydrogens is 132 g/mol. The van der Waals surface area contributed by atoms with E-state index in [1.807, 2.05) is 0 Å². The van der Waals surface area contributed by atoms with Gasteiger partial charge < -0.3 is 0 Å². The second kappa shape index (κ2) is 2.12. The molecule has 0 aromatic carbocycles. The molecule has 0 nitrogen and oxygen atoms in total. The van der Waals surface area contributed by atoms with Crippen LogP contribution in [-0.4, -0.2) is 0 Å². The number of fused-ring (bicyclic) bond motifs is 2. The van der Waals surface area contributed by atoms with Gasteiger partial charge in [-0.25, -0.2) is 0 Å². The van der Waals surface area contributed by atoms with Gasteiger partial charge in [0, 0.05) is 0 Å². The summed E-state index contributed by atoms with van der Waals surface area (Å²) in [7, 11) is 0. The molecule has 2 aliphatic rings. The molecule has 0 heteroatoms. The molecule has 62 valence electrons. The monoisotopic (exact) mass is 150 g/mol. The highest BCUT2D eigenvalue weighted by Gasteiger charge is 2.43. The third-order valence-electron chi connectivity index (χ3n) is 3.36. The summed E-state index contributed by atoms with van der Waals surface area (Å²) in [6.45, 7) is 7.15. The maximum atomic E-state index is 2.45. The van der Waals surface area contributed by atoms with Crippen LogP contribution in [0.2, 0.25) is 0 Å². The van der Waals surface area contributed by atoms with E-state index in [-0.39, 0.29) is 0 Å². The summed E-state index contributed by atoms with van der Waals surface area (Å²) in [5.41, 5.74) is 0.523. The van der Waals surface area contributed by atoms with E-state index in [0.717, 1.165) is 17.8 Å². The van der Waals surface area contributed by atoms with E-state index in [0.29, 0.717) is 5.41 Å². The standard InChI is InChI=1S/C11H18/c1-11(2,3)10-8-4-5-9(10)7-6-8/h4-5,8-10H,6-7H2,1-3H3. The molecule has 1 saturated carbocycles. The Morgan fingerprint density at radius 1 is 1.00 bits per heavy atom. The van der Waals surface area contributed by atoms with E-state index in [1.165, 1.54) is 12.8 Å². The van der Waals surface area contributed by atoms with Gasteiger partial charge in [0.05, 0.1) is 0 Å². The summed E-state index contributed by atoms with van der Waals surface area (Å²) in [6, 6.07) is 0. The molecule has 2 aliphatic carbocycles. The minimum atomic E-state index is 0.523. The van der Waals surface area contributed by atoms with Crippen molar-refractivity contribution in [3.63, 3.8) is 0 Å². The highest BCUT2D eigenvalue weighted by molar-refractivity contribution is 5.13. The van der Waals surface area contributed by atoms with Crippen LogP contribution in [0.4, 0.5) is 0 Å². The van der Waals surface area contributed by atoms with E-state index in [4.69, 9.17) is 0 Å². The van der Waals surface area contributed by atoms with Crippen LogP contribution in [0.3, 0.4) is 0 Å². The SMILES string of the molecule is CC(C)(C)C1C2C=CC1CC2. The highest BCUT2D eigenvalue weighted by atomic mass is 14.5. The van der Waals surface area contributed by atoms with E-state index >= 15 is 0 Å². The van der Waals surface area contributed by atoms with Gasteiger partial charge in [-0.3, -0.25) is 0 Å². The molecule has 0 aliphatic heterocycles. The van der Waals surface area contributed by atoms with Gasteiger partial charge in [-0.05, 0) is 36.0 Å². The number of rotatable bonds is 0. The summed E-state index contributed by atoms with van der Waals surface area (Å²) < 4.78 is 0. The predicted octanol–water partition coefficient (Wildman–Crippen LogP) is 3.24. The molecule has 0 radical (unpaired) electrons. The predicted molar refractivity (Wildman–Crippen MR) is 48.3 cm³/mol. The molecule has 2 bridgehead atoms. The van der Waals surface area contributed by atoms with Crippen molar-refractivity contribution in [3.05, 3.63) is 12.2 Å². The van der Waals surface area contributed by atoms with Crippen molar-refractivity contribution in [2.75, 3.05) is 0 Å². The fourth-order valence-electron chi connectivity index (χ4n) is 3.06. The van der Waals surface area contributed by atoms with E-state index in [1.54, 1.807) is 0 Å². The van der Waals surface area contributed by atoms with Gasteiger partial charge in [-0.1, -0.05) is 32.9 Å². The molecule has 0 heterocycles. The van der Waals surface area contributed by atoms with Crippen molar-refractivity contribution in [3.8, 4) is 0 Å². The lowest BCUT2D eigenvalue weighted by atomic mass is 9.74. The van der Waals surface area contributed by atoms with Crippen molar-refractivity contribution >= 4 is 0 Å². The lowest BCUT2D eigenvalue weighted by molar-refractivity contribution is 0.193. The molecule has 0 N–H and O–H groups in total. The van der Waals surface area contributed by atoms with E-state index in [9.17, 15) is 0 Å². The van der Waals surface area contributed by atoms with E-state index in [2.05, 4.69) is 32.9 Å². The van der Waals surface area contributed by atoms with Crippen LogP contribution < -0.4 is 0 Å². The molecule has 0 aromatic rings. The molecule has 1 fully saturated rings. The number of hydrogen-bond donors (Lipinski definition) is 0. The zero-order valence-corrected chi connectivity index (χ0v) is 7.80. The van der Waals surface area contributed by atoms with Crippen molar-refractivity contribution < 1.29 is 0 Å². The lowest BCUT2D eigenvalue weighted by Crippen LogP contribution is -2.24. The largest absolute Gasteiger partial charge is 0.0848 e. The Hall–Kier alpha value is -0.260. The molecule has 0 spiro atoms. The first-order chi connectivity index (χ1) is 5.09. The first-order valence-corrected chi connectivity index (χ1v) is 4.77. The average Bonchev–Trinajstić information content (AvgIpc) is 2.40. The van der Waals surface area contributed by atoms with Gasteiger partial charge in [0.2, 0.25) is 0 Å². The van der Waals surface area contributed by atoms with Crippen LogP contribution in [-0.2, 0) is 0 Å². The summed E-state index contributed by atoms with van der Waals surface area (Å²) in [4.78, 5) is 0. The van der Waals surface area contributed by atoms with Gasteiger partial charge in [0.15, 0.2) is 0 Å². The summed E-state index contributed by atoms with van der Waals surface area (Å²) in [6.07, 6.45) is 7.79. The van der Waals surface area contributed by atoms with Crippen LogP contribution in [0.5, 0.6) is 0 Å². The third-order valence-corrected chi connectivity index (χ3v) is 3.36. The maximum absolute atomic E-state index is 2.45. The Bertz CT molecular complexity index is 169. The maximum Gasteiger partial charge on any atom is -0.0194 e. The lowest BCUT2D eigenvalue weighted by Gasteiger charge is -2.31. The summed E-state index contributed by atoms with van der Waals surface area (Å²) in [5, 5.41) is 0. The van der Waals surface area contributed by atoms with Crippen LogP contribution in [0.1, 0.15) is 33.6 Å². The van der Waals surface area contributed by atoms with Crippen LogP contribution in [0, 0.1) is 23.2 Å². The molecule has 0 aromatic heterocycles. The highest BCUT2D eigenvalue weighted by Crippen LogP contribution is 2.52. The van der Waals surface area contributed by atoms with Crippen molar-refractivity contribution in [2.24, 2.45) is 23.2 Å². The smallest absolute Gasteiger partial charge is 0.0194 e. The van der Waals surface area contributed by atoms with Gasteiger partial charge >= 0.3 is 0 Å². The molecule has 0 amide bonds. The van der Waals surface area contributed by atoms with Crippen molar-refractivity contribution in [1.29, 1.82) is 0 Å². The Labute approximate surface area is 69.7 Å². The summed E-state index contributed by atoms with van der Waals surface area (Å²) in [5.74, 6) is 2.78. The van der Waals surface area contributed by atoms with Crippen LogP contribution in [0.25, 0.3) is 0 Å². The molecular formula is C11H18. The first kappa shape index (κ1) is 7.39. The van der Waals surface area contributed by atoms with Crippen molar-refractivity contribution in [2.45, 2.75) is 33.6 Å². The minimum absolute atomic E-state index is 0.523. The average molecular weight is 150 g/mol. The van der Waals surface area contributed by atoms with Crippen LogP contribution in [0.15, 0.2) is 12.2 Å². The van der Waals surface area contributed by atoms with Crippen molar-refractivity contribution in [1.82, 2.24) is 0 Å². The molecule has 11 heavy (non-hydrogen) atoms. The Morgan fingerprint density at radius 2 is 1.45 bits per heavy atom.